The zero-order chi connectivity index (χ0) is 11.4. The van der Waals surface area contributed by atoms with Gasteiger partial charge in [0, 0.05) is 17.8 Å². The Labute approximate surface area is 95.0 Å². The van der Waals surface area contributed by atoms with E-state index in [-0.39, 0.29) is 5.91 Å². The lowest BCUT2D eigenvalue weighted by molar-refractivity contribution is -0.684. The van der Waals surface area contributed by atoms with Crippen molar-refractivity contribution in [3.8, 4) is 0 Å². The second-order valence-electron chi connectivity index (χ2n) is 4.11. The van der Waals surface area contributed by atoms with Gasteiger partial charge in [0.15, 0.2) is 12.4 Å². The first-order valence-corrected chi connectivity index (χ1v) is 5.53. The number of carbonyl (C=O) groups excluding carboxylic acids is 1. The maximum atomic E-state index is 11.5. The van der Waals surface area contributed by atoms with Gasteiger partial charge in [-0.05, 0) is 25.7 Å². The largest absolute Gasteiger partial charge is 0.305 e. The van der Waals surface area contributed by atoms with Crippen LogP contribution >= 0.6 is 0 Å². The van der Waals surface area contributed by atoms with Gasteiger partial charge < -0.3 is 0 Å². The van der Waals surface area contributed by atoms with Crippen LogP contribution in [0.2, 0.25) is 0 Å². The molecule has 1 fully saturated rings. The Morgan fingerprint density at radius 2 is 2.06 bits per heavy atom. The van der Waals surface area contributed by atoms with Crippen LogP contribution in [0.1, 0.15) is 19.8 Å². The molecular formula is C12H16N3O+. The summed E-state index contributed by atoms with van der Waals surface area (Å²) in [6, 6.07) is 5.71. The highest BCUT2D eigenvalue weighted by Crippen LogP contribution is 2.30. The molecule has 1 aliphatic carbocycles. The SMILES string of the molecule is CC(=NNC(=O)C[n+]1ccccc1)C1CC1. The Bertz CT molecular complexity index is 396. The molecule has 0 radical (unpaired) electrons. The number of nitrogens with one attached hydrogen (secondary N) is 1. The lowest BCUT2D eigenvalue weighted by Gasteiger charge is -1.98. The minimum Gasteiger partial charge on any atom is -0.266 e. The molecule has 0 bridgehead atoms. The summed E-state index contributed by atoms with van der Waals surface area (Å²) >= 11 is 0. The van der Waals surface area contributed by atoms with Gasteiger partial charge in [-0.15, -0.1) is 0 Å². The van der Waals surface area contributed by atoms with E-state index in [1.165, 1.54) is 12.8 Å². The second-order valence-corrected chi connectivity index (χ2v) is 4.11. The van der Waals surface area contributed by atoms with Gasteiger partial charge in [0.2, 0.25) is 6.54 Å². The first-order chi connectivity index (χ1) is 7.75. The summed E-state index contributed by atoms with van der Waals surface area (Å²) in [6.07, 6.45) is 6.13. The Kier molecular flexibility index (Phi) is 3.29. The van der Waals surface area contributed by atoms with Crippen molar-refractivity contribution in [1.82, 2.24) is 5.43 Å². The molecule has 1 amide bonds. The van der Waals surface area contributed by atoms with Crippen LogP contribution in [0.3, 0.4) is 0 Å². The van der Waals surface area contributed by atoms with Crippen LogP contribution in [-0.2, 0) is 11.3 Å². The van der Waals surface area contributed by atoms with Crippen molar-refractivity contribution < 1.29 is 9.36 Å². The van der Waals surface area contributed by atoms with Crippen LogP contribution < -0.4 is 9.99 Å². The number of amides is 1. The molecule has 1 heterocycles. The summed E-state index contributed by atoms with van der Waals surface area (Å²) < 4.78 is 1.82. The van der Waals surface area contributed by atoms with E-state index in [1.807, 2.05) is 42.1 Å². The Morgan fingerprint density at radius 3 is 2.69 bits per heavy atom. The molecule has 1 aromatic heterocycles. The van der Waals surface area contributed by atoms with Crippen molar-refractivity contribution in [2.75, 3.05) is 0 Å². The maximum Gasteiger partial charge on any atom is 0.305 e. The molecule has 16 heavy (non-hydrogen) atoms. The smallest absolute Gasteiger partial charge is 0.266 e. The van der Waals surface area contributed by atoms with Gasteiger partial charge in [-0.25, -0.2) is 5.43 Å². The van der Waals surface area contributed by atoms with E-state index in [2.05, 4.69) is 10.5 Å². The zero-order valence-corrected chi connectivity index (χ0v) is 9.39. The lowest BCUT2D eigenvalue weighted by Crippen LogP contribution is -2.41. The van der Waals surface area contributed by atoms with Crippen LogP contribution in [0.15, 0.2) is 35.7 Å². The second kappa shape index (κ2) is 4.88. The van der Waals surface area contributed by atoms with E-state index < -0.39 is 0 Å². The van der Waals surface area contributed by atoms with Gasteiger partial charge in [-0.1, -0.05) is 6.07 Å². The molecule has 4 heteroatoms. The highest BCUT2D eigenvalue weighted by molar-refractivity contribution is 5.87. The van der Waals surface area contributed by atoms with Gasteiger partial charge in [-0.2, -0.15) is 9.67 Å². The van der Waals surface area contributed by atoms with Gasteiger partial charge in [0.1, 0.15) is 0 Å². The maximum absolute atomic E-state index is 11.5. The van der Waals surface area contributed by atoms with Crippen LogP contribution in [-0.4, -0.2) is 11.6 Å². The third kappa shape index (κ3) is 3.15. The molecule has 0 saturated heterocycles. The minimum absolute atomic E-state index is 0.0869. The van der Waals surface area contributed by atoms with Gasteiger partial charge in [0.05, 0.1) is 0 Å². The summed E-state index contributed by atoms with van der Waals surface area (Å²) in [5, 5.41) is 4.09. The Hall–Kier alpha value is -1.71. The number of nitrogens with zero attached hydrogens (tertiary/aromatic N) is 2. The fourth-order valence-electron chi connectivity index (χ4n) is 1.48. The number of carbonyl (C=O) groups is 1. The van der Waals surface area contributed by atoms with Crippen molar-refractivity contribution in [3.63, 3.8) is 0 Å². The number of hydrazone groups is 1. The van der Waals surface area contributed by atoms with E-state index in [9.17, 15) is 4.79 Å². The summed E-state index contributed by atoms with van der Waals surface area (Å²) in [4.78, 5) is 11.5. The van der Waals surface area contributed by atoms with Crippen molar-refractivity contribution in [2.24, 2.45) is 11.0 Å². The van der Waals surface area contributed by atoms with Crippen LogP contribution in [0.4, 0.5) is 0 Å². The Balaban J connectivity index is 1.82. The van der Waals surface area contributed by atoms with Gasteiger partial charge in [0.25, 0.3) is 0 Å². The fourth-order valence-corrected chi connectivity index (χ4v) is 1.48. The zero-order valence-electron chi connectivity index (χ0n) is 9.39. The first-order valence-electron chi connectivity index (χ1n) is 5.53. The molecule has 1 aromatic rings. The summed E-state index contributed by atoms with van der Waals surface area (Å²) in [6.45, 7) is 2.27. The number of hydrogen-bond donors (Lipinski definition) is 1. The highest BCUT2D eigenvalue weighted by atomic mass is 16.2. The summed E-state index contributed by atoms with van der Waals surface area (Å²) in [7, 11) is 0. The average molecular weight is 218 g/mol. The topological polar surface area (TPSA) is 45.3 Å². The summed E-state index contributed by atoms with van der Waals surface area (Å²) in [5.74, 6) is 0.515. The van der Waals surface area contributed by atoms with Crippen molar-refractivity contribution in [3.05, 3.63) is 30.6 Å². The predicted octanol–water partition coefficient (Wildman–Crippen LogP) is 0.876. The molecule has 1 saturated carbocycles. The van der Waals surface area contributed by atoms with Gasteiger partial charge in [-0.3, -0.25) is 4.79 Å². The highest BCUT2D eigenvalue weighted by Gasteiger charge is 2.24. The van der Waals surface area contributed by atoms with E-state index in [1.54, 1.807) is 0 Å². The third-order valence-corrected chi connectivity index (χ3v) is 2.63. The molecule has 0 unspecified atom stereocenters. The molecule has 0 aromatic carbocycles. The van der Waals surface area contributed by atoms with Gasteiger partial charge >= 0.3 is 5.91 Å². The average Bonchev–Trinajstić information content (AvgIpc) is 3.11. The summed E-state index contributed by atoms with van der Waals surface area (Å²) in [5.41, 5.74) is 3.61. The first kappa shape index (κ1) is 10.8. The molecule has 2 rings (SSSR count). The number of rotatable bonds is 4. The fraction of sp³-hybridized carbons (Fsp3) is 0.417. The molecule has 84 valence electrons. The van der Waals surface area contributed by atoms with E-state index in [0.29, 0.717) is 12.5 Å². The molecule has 0 aliphatic heterocycles. The lowest BCUT2D eigenvalue weighted by atomic mass is 10.3. The van der Waals surface area contributed by atoms with Crippen molar-refractivity contribution in [2.45, 2.75) is 26.3 Å². The monoisotopic (exact) mass is 218 g/mol. The third-order valence-electron chi connectivity index (χ3n) is 2.63. The van der Waals surface area contributed by atoms with Crippen LogP contribution in [0, 0.1) is 5.92 Å². The molecule has 0 atom stereocenters. The number of aromatic nitrogens is 1. The van der Waals surface area contributed by atoms with Crippen LogP contribution in [0.25, 0.3) is 0 Å². The van der Waals surface area contributed by atoms with Crippen LogP contribution in [0.5, 0.6) is 0 Å². The van der Waals surface area contributed by atoms with E-state index >= 15 is 0 Å². The normalized spacial score (nSPS) is 15.9. The molecule has 4 nitrogen and oxygen atoms in total. The molecule has 1 N–H and O–H groups in total. The standard InChI is InChI=1S/C12H15N3O/c1-10(11-5-6-11)13-14-12(16)9-15-7-3-2-4-8-15/h2-4,7-8,11H,5-6,9H2,1H3/p+1. The number of hydrogen-bond acceptors (Lipinski definition) is 2. The van der Waals surface area contributed by atoms with E-state index in [4.69, 9.17) is 0 Å². The Morgan fingerprint density at radius 1 is 1.38 bits per heavy atom. The van der Waals surface area contributed by atoms with E-state index in [0.717, 1.165) is 5.71 Å². The minimum atomic E-state index is -0.0869. The predicted molar refractivity (Wildman–Crippen MR) is 60.6 cm³/mol. The molecular weight excluding hydrogens is 202 g/mol. The molecule has 1 aliphatic rings. The molecule has 0 spiro atoms. The van der Waals surface area contributed by atoms with Crippen molar-refractivity contribution in [1.29, 1.82) is 0 Å². The van der Waals surface area contributed by atoms with Crippen molar-refractivity contribution >= 4 is 11.6 Å². The number of pyridine rings is 1. The quantitative estimate of drug-likeness (QED) is 0.455.